The van der Waals surface area contributed by atoms with E-state index in [0.717, 1.165) is 12.2 Å². The lowest BCUT2D eigenvalue weighted by molar-refractivity contribution is 0.103. The molecule has 2 aromatic carbocycles. The average Bonchev–Trinajstić information content (AvgIpc) is 3.19. The summed E-state index contributed by atoms with van der Waals surface area (Å²) in [5.74, 6) is 0.372. The van der Waals surface area contributed by atoms with Crippen molar-refractivity contribution < 1.29 is 4.79 Å². The van der Waals surface area contributed by atoms with Crippen LogP contribution in [0.3, 0.4) is 0 Å². The van der Waals surface area contributed by atoms with Crippen LogP contribution < -0.4 is 4.90 Å². The average molecular weight is 326 g/mol. The van der Waals surface area contributed by atoms with Crippen LogP contribution in [0.2, 0.25) is 0 Å². The van der Waals surface area contributed by atoms with Crippen LogP contribution in [0, 0.1) is 0 Å². The Balaban J connectivity index is 1.55. The van der Waals surface area contributed by atoms with Crippen molar-refractivity contribution in [1.82, 2.24) is 4.98 Å². The molecule has 0 bridgehead atoms. The summed E-state index contributed by atoms with van der Waals surface area (Å²) < 4.78 is 0. The van der Waals surface area contributed by atoms with E-state index in [1.807, 2.05) is 66.9 Å². The summed E-state index contributed by atoms with van der Waals surface area (Å²) in [7, 11) is 0. The first-order valence-electron chi connectivity index (χ1n) is 8.36. The smallest absolute Gasteiger partial charge is 0.193 e. The second-order valence-electron chi connectivity index (χ2n) is 6.13. The Morgan fingerprint density at radius 1 is 0.960 bits per heavy atom. The highest BCUT2D eigenvalue weighted by molar-refractivity contribution is 6.09. The van der Waals surface area contributed by atoms with Crippen molar-refractivity contribution in [1.29, 1.82) is 0 Å². The van der Waals surface area contributed by atoms with Gasteiger partial charge in [-0.2, -0.15) is 0 Å². The largest absolute Gasteiger partial charge is 0.347 e. The predicted molar refractivity (Wildman–Crippen MR) is 99.8 cm³/mol. The van der Waals surface area contributed by atoms with Crippen LogP contribution in [0.25, 0.3) is 0 Å². The lowest BCUT2D eigenvalue weighted by atomic mass is 10.0. The first-order valence-corrected chi connectivity index (χ1v) is 8.36. The highest BCUT2D eigenvalue weighted by atomic mass is 16.1. The van der Waals surface area contributed by atoms with E-state index >= 15 is 0 Å². The van der Waals surface area contributed by atoms with E-state index in [-0.39, 0.29) is 5.78 Å². The van der Waals surface area contributed by atoms with Crippen LogP contribution in [0.1, 0.15) is 27.4 Å². The highest BCUT2D eigenvalue weighted by Gasteiger charge is 2.19. The minimum absolute atomic E-state index is 0.0504. The monoisotopic (exact) mass is 326 g/mol. The van der Waals surface area contributed by atoms with E-state index in [0.29, 0.717) is 17.0 Å². The summed E-state index contributed by atoms with van der Waals surface area (Å²) >= 11 is 0. The molecule has 122 valence electrons. The topological polar surface area (TPSA) is 33.2 Å². The van der Waals surface area contributed by atoms with Crippen LogP contribution in [0.5, 0.6) is 0 Å². The van der Waals surface area contributed by atoms with E-state index < -0.39 is 0 Å². The number of anilines is 1. The Bertz CT molecular complexity index is 904. The number of carbonyl (C=O) groups is 1. The normalized spacial score (nSPS) is 16.2. The molecule has 3 nitrogen and oxygen atoms in total. The molecule has 0 fully saturated rings. The van der Waals surface area contributed by atoms with E-state index in [1.165, 1.54) is 5.56 Å². The van der Waals surface area contributed by atoms with Gasteiger partial charge in [0, 0.05) is 47.9 Å². The summed E-state index contributed by atoms with van der Waals surface area (Å²) in [6, 6.07) is 21.3. The van der Waals surface area contributed by atoms with Crippen molar-refractivity contribution in [3.8, 4) is 0 Å². The Morgan fingerprint density at radius 3 is 2.60 bits per heavy atom. The Morgan fingerprint density at radius 2 is 1.80 bits per heavy atom. The summed E-state index contributed by atoms with van der Waals surface area (Å²) in [6.07, 6.45) is 7.97. The van der Waals surface area contributed by atoms with Gasteiger partial charge in [-0.25, -0.2) is 0 Å². The molecule has 1 unspecified atom stereocenters. The van der Waals surface area contributed by atoms with Crippen molar-refractivity contribution in [3.05, 3.63) is 108 Å². The molecule has 0 saturated heterocycles. The zero-order valence-corrected chi connectivity index (χ0v) is 13.7. The molecule has 3 aromatic rings. The molecule has 1 atom stereocenters. The van der Waals surface area contributed by atoms with Crippen molar-refractivity contribution in [2.24, 2.45) is 0 Å². The maximum absolute atomic E-state index is 12.7. The van der Waals surface area contributed by atoms with Gasteiger partial charge in [-0.1, -0.05) is 54.6 Å². The Labute approximate surface area is 147 Å². The lowest BCUT2D eigenvalue weighted by Gasteiger charge is -2.19. The van der Waals surface area contributed by atoms with Crippen LogP contribution in [0.4, 0.5) is 5.69 Å². The number of ketones is 1. The molecule has 1 aliphatic heterocycles. The molecular formula is C22H18N2O. The third-order valence-electron chi connectivity index (χ3n) is 4.48. The van der Waals surface area contributed by atoms with Crippen molar-refractivity contribution in [2.75, 3.05) is 11.4 Å². The van der Waals surface area contributed by atoms with Crippen molar-refractivity contribution in [2.45, 2.75) is 5.92 Å². The van der Waals surface area contributed by atoms with Gasteiger partial charge in [0.05, 0.1) is 0 Å². The molecule has 2 heterocycles. The summed E-state index contributed by atoms with van der Waals surface area (Å²) in [4.78, 5) is 19.0. The molecule has 0 amide bonds. The zero-order valence-electron chi connectivity index (χ0n) is 13.7. The second kappa shape index (κ2) is 6.73. The van der Waals surface area contributed by atoms with Crippen LogP contribution >= 0.6 is 0 Å². The first-order chi connectivity index (χ1) is 12.3. The highest BCUT2D eigenvalue weighted by Crippen LogP contribution is 2.28. The molecule has 25 heavy (non-hydrogen) atoms. The minimum Gasteiger partial charge on any atom is -0.347 e. The standard InChI is InChI=1S/C22H18N2O/c25-22(17-6-2-1-3-7-17)18-8-4-10-21(14-18)24-13-11-20(16-24)19-9-5-12-23-15-19/h1-15,20H,16H2. The molecule has 0 saturated carbocycles. The van der Waals surface area contributed by atoms with Crippen LogP contribution in [-0.4, -0.2) is 17.3 Å². The molecule has 0 radical (unpaired) electrons. The van der Waals surface area contributed by atoms with Gasteiger partial charge in [-0.3, -0.25) is 9.78 Å². The maximum Gasteiger partial charge on any atom is 0.193 e. The van der Waals surface area contributed by atoms with Crippen LogP contribution in [0.15, 0.2) is 91.4 Å². The fourth-order valence-electron chi connectivity index (χ4n) is 3.13. The van der Waals surface area contributed by atoms with Gasteiger partial charge in [0.1, 0.15) is 0 Å². The number of hydrogen-bond acceptors (Lipinski definition) is 3. The molecule has 0 N–H and O–H groups in total. The van der Waals surface area contributed by atoms with Crippen LogP contribution in [-0.2, 0) is 0 Å². The first kappa shape index (κ1) is 15.3. The molecule has 4 rings (SSSR count). The van der Waals surface area contributed by atoms with E-state index in [2.05, 4.69) is 28.2 Å². The molecule has 1 aliphatic rings. The number of pyridine rings is 1. The van der Waals surface area contributed by atoms with Crippen molar-refractivity contribution in [3.63, 3.8) is 0 Å². The van der Waals surface area contributed by atoms with Gasteiger partial charge in [0.15, 0.2) is 5.78 Å². The summed E-state index contributed by atoms with van der Waals surface area (Å²) in [5.41, 5.74) is 3.66. The molecular weight excluding hydrogens is 308 g/mol. The van der Waals surface area contributed by atoms with E-state index in [9.17, 15) is 4.79 Å². The zero-order chi connectivity index (χ0) is 17.1. The third-order valence-corrected chi connectivity index (χ3v) is 4.48. The molecule has 0 spiro atoms. The SMILES string of the molecule is O=C(c1ccccc1)c1cccc(N2C=CC(c3cccnc3)C2)c1. The fraction of sp³-hybridized carbons (Fsp3) is 0.0909. The quantitative estimate of drug-likeness (QED) is 0.665. The molecule has 3 heteroatoms. The number of rotatable bonds is 4. The van der Waals surface area contributed by atoms with Gasteiger partial charge in [-0.15, -0.1) is 0 Å². The Kier molecular flexibility index (Phi) is 4.13. The molecule has 1 aromatic heterocycles. The number of aromatic nitrogens is 1. The predicted octanol–water partition coefficient (Wildman–Crippen LogP) is 4.43. The second-order valence-corrected chi connectivity index (χ2v) is 6.13. The third kappa shape index (κ3) is 3.22. The maximum atomic E-state index is 12.7. The summed E-state index contributed by atoms with van der Waals surface area (Å²) in [5, 5.41) is 0. The van der Waals surface area contributed by atoms with E-state index in [1.54, 1.807) is 6.20 Å². The Hall–Kier alpha value is -3.20. The van der Waals surface area contributed by atoms with Gasteiger partial charge in [-0.05, 0) is 23.8 Å². The fourth-order valence-corrected chi connectivity index (χ4v) is 3.13. The van der Waals surface area contributed by atoms with Crippen molar-refractivity contribution >= 4 is 11.5 Å². The van der Waals surface area contributed by atoms with Gasteiger partial charge in [0.2, 0.25) is 0 Å². The van der Waals surface area contributed by atoms with Gasteiger partial charge >= 0.3 is 0 Å². The van der Waals surface area contributed by atoms with E-state index in [4.69, 9.17) is 0 Å². The number of nitrogens with zero attached hydrogens (tertiary/aromatic N) is 2. The lowest BCUT2D eigenvalue weighted by Crippen LogP contribution is -2.17. The minimum atomic E-state index is 0.0504. The summed E-state index contributed by atoms with van der Waals surface area (Å²) in [6.45, 7) is 0.856. The number of benzene rings is 2. The van der Waals surface area contributed by atoms with Gasteiger partial charge in [0.25, 0.3) is 0 Å². The number of carbonyl (C=O) groups excluding carboxylic acids is 1. The van der Waals surface area contributed by atoms with Gasteiger partial charge < -0.3 is 4.90 Å². The molecule has 0 aliphatic carbocycles. The number of hydrogen-bond donors (Lipinski definition) is 0.